The van der Waals surface area contributed by atoms with E-state index in [1.54, 1.807) is 0 Å². The normalized spacial score (nSPS) is 43.1. The fourth-order valence-electron chi connectivity index (χ4n) is 5.68. The van der Waals surface area contributed by atoms with Gasteiger partial charge in [0.05, 0.1) is 16.8 Å². The lowest BCUT2D eigenvalue weighted by Crippen LogP contribution is -2.62. The van der Waals surface area contributed by atoms with E-state index in [0.29, 0.717) is 6.42 Å². The molecule has 0 bridgehead atoms. The van der Waals surface area contributed by atoms with Crippen molar-refractivity contribution in [2.45, 2.75) is 89.9 Å². The molecule has 1 saturated carbocycles. The minimum Gasteiger partial charge on any atom is -0.481 e. The molecule has 138 valence electrons. The fraction of sp³-hybridized carbons (Fsp3) is 0.850. The molecule has 2 aliphatic rings. The Labute approximate surface area is 146 Å². The highest BCUT2D eigenvalue weighted by Gasteiger charge is 2.60. The second kappa shape index (κ2) is 6.14. The Hall–Kier alpha value is -0.870. The van der Waals surface area contributed by atoms with Gasteiger partial charge in [-0.25, -0.2) is 0 Å². The molecule has 0 unspecified atom stereocenters. The molecule has 1 saturated heterocycles. The Bertz CT molecular complexity index is 508. The summed E-state index contributed by atoms with van der Waals surface area (Å²) < 4.78 is 6.53. The standard InChI is InChI=1S/C20H34O4/c1-7-18(4)11-8-15-19(5,12-10-16(21)22)14(17(2,3)23)9-13-20(15,6)24-18/h7,14-15,23H,1,8-13H2,2-6H3,(H,21,22)/t14-,15-,18+,19-,20+/m1/s1. The van der Waals surface area contributed by atoms with Crippen LogP contribution in [0.3, 0.4) is 0 Å². The summed E-state index contributed by atoms with van der Waals surface area (Å²) in [5, 5.41) is 20.0. The predicted octanol–water partition coefficient (Wildman–Crippen LogP) is 4.17. The molecular formula is C20H34O4. The SMILES string of the molecule is C=C[C@@]1(C)CC[C@@H]2[C@](C)(CCC(=O)O)[C@@H](C(C)(C)O)CC[C@]2(C)O1. The minimum atomic E-state index is -0.826. The average Bonchev–Trinajstić information content (AvgIpc) is 2.43. The molecular weight excluding hydrogens is 304 g/mol. The van der Waals surface area contributed by atoms with Gasteiger partial charge >= 0.3 is 5.97 Å². The largest absolute Gasteiger partial charge is 0.481 e. The van der Waals surface area contributed by atoms with Gasteiger partial charge in [-0.2, -0.15) is 0 Å². The first-order valence-corrected chi connectivity index (χ1v) is 9.14. The number of carbonyl (C=O) groups is 1. The lowest BCUT2D eigenvalue weighted by molar-refractivity contribution is -0.252. The van der Waals surface area contributed by atoms with Gasteiger partial charge in [-0.05, 0) is 77.0 Å². The summed E-state index contributed by atoms with van der Waals surface area (Å²) in [7, 11) is 0. The van der Waals surface area contributed by atoms with Gasteiger partial charge in [-0.1, -0.05) is 13.0 Å². The second-order valence-electron chi connectivity index (χ2n) is 9.17. The molecule has 4 nitrogen and oxygen atoms in total. The summed E-state index contributed by atoms with van der Waals surface area (Å²) in [6, 6.07) is 0. The molecule has 0 spiro atoms. The molecule has 4 heteroatoms. The smallest absolute Gasteiger partial charge is 0.303 e. The van der Waals surface area contributed by atoms with Crippen LogP contribution in [0.5, 0.6) is 0 Å². The maximum atomic E-state index is 11.2. The zero-order valence-electron chi connectivity index (χ0n) is 15.9. The molecule has 0 aromatic carbocycles. The maximum Gasteiger partial charge on any atom is 0.303 e. The van der Waals surface area contributed by atoms with Crippen molar-refractivity contribution in [3.63, 3.8) is 0 Å². The van der Waals surface area contributed by atoms with Gasteiger partial charge in [0.15, 0.2) is 0 Å². The Morgan fingerprint density at radius 1 is 1.29 bits per heavy atom. The van der Waals surface area contributed by atoms with Crippen molar-refractivity contribution in [1.82, 2.24) is 0 Å². The minimum absolute atomic E-state index is 0.0686. The molecule has 0 amide bonds. The summed E-state index contributed by atoms with van der Waals surface area (Å²) in [5.41, 5.74) is -1.70. The van der Waals surface area contributed by atoms with Crippen LogP contribution in [0.1, 0.15) is 73.1 Å². The van der Waals surface area contributed by atoms with Gasteiger partial charge in [0.1, 0.15) is 0 Å². The quantitative estimate of drug-likeness (QED) is 0.738. The molecule has 1 aliphatic heterocycles. The van der Waals surface area contributed by atoms with Crippen molar-refractivity contribution in [2.24, 2.45) is 17.3 Å². The van der Waals surface area contributed by atoms with E-state index >= 15 is 0 Å². The van der Waals surface area contributed by atoms with Crippen LogP contribution < -0.4 is 0 Å². The highest BCUT2D eigenvalue weighted by atomic mass is 16.5. The van der Waals surface area contributed by atoms with E-state index in [-0.39, 0.29) is 34.9 Å². The van der Waals surface area contributed by atoms with Crippen molar-refractivity contribution >= 4 is 5.97 Å². The molecule has 2 rings (SSSR count). The van der Waals surface area contributed by atoms with E-state index in [2.05, 4.69) is 27.4 Å². The first-order chi connectivity index (χ1) is 10.9. The third kappa shape index (κ3) is 3.41. The van der Waals surface area contributed by atoms with Gasteiger partial charge in [-0.15, -0.1) is 6.58 Å². The van der Waals surface area contributed by atoms with Crippen molar-refractivity contribution in [3.8, 4) is 0 Å². The van der Waals surface area contributed by atoms with Crippen LogP contribution in [0.4, 0.5) is 0 Å². The van der Waals surface area contributed by atoms with Gasteiger partial charge < -0.3 is 14.9 Å². The Balaban J connectivity index is 2.39. The van der Waals surface area contributed by atoms with Crippen LogP contribution in [0.25, 0.3) is 0 Å². The van der Waals surface area contributed by atoms with E-state index in [0.717, 1.165) is 25.7 Å². The molecule has 5 atom stereocenters. The summed E-state index contributed by atoms with van der Waals surface area (Å²) in [5.74, 6) is -0.465. The van der Waals surface area contributed by atoms with Crippen LogP contribution >= 0.6 is 0 Å². The monoisotopic (exact) mass is 338 g/mol. The third-order valence-electron chi connectivity index (χ3n) is 6.82. The Morgan fingerprint density at radius 2 is 1.92 bits per heavy atom. The van der Waals surface area contributed by atoms with Crippen LogP contribution in [0.2, 0.25) is 0 Å². The number of hydrogen-bond donors (Lipinski definition) is 2. The number of hydrogen-bond acceptors (Lipinski definition) is 3. The van der Waals surface area contributed by atoms with E-state index in [1.165, 1.54) is 0 Å². The number of ether oxygens (including phenoxy) is 1. The average molecular weight is 338 g/mol. The van der Waals surface area contributed by atoms with Crippen molar-refractivity contribution in [2.75, 3.05) is 0 Å². The summed E-state index contributed by atoms with van der Waals surface area (Å²) in [6.45, 7) is 14.1. The third-order valence-corrected chi connectivity index (χ3v) is 6.82. The van der Waals surface area contributed by atoms with Gasteiger partial charge in [0.2, 0.25) is 0 Å². The van der Waals surface area contributed by atoms with Crippen molar-refractivity contribution in [3.05, 3.63) is 12.7 Å². The highest BCUT2D eigenvalue weighted by Crippen LogP contribution is 2.61. The first kappa shape index (κ1) is 19.5. The zero-order valence-corrected chi connectivity index (χ0v) is 15.9. The fourth-order valence-corrected chi connectivity index (χ4v) is 5.68. The number of carboxylic acid groups (broad SMARTS) is 1. The Kier molecular flexibility index (Phi) is 4.97. The maximum absolute atomic E-state index is 11.2. The van der Waals surface area contributed by atoms with Gasteiger partial charge in [0, 0.05) is 6.42 Å². The summed E-state index contributed by atoms with van der Waals surface area (Å²) in [6.07, 6.45) is 6.20. The molecule has 0 radical (unpaired) electrons. The van der Waals surface area contributed by atoms with E-state index in [1.807, 2.05) is 19.9 Å². The molecule has 1 aliphatic carbocycles. The lowest BCUT2D eigenvalue weighted by atomic mass is 9.49. The molecule has 0 aromatic heterocycles. The van der Waals surface area contributed by atoms with Gasteiger partial charge in [0.25, 0.3) is 0 Å². The first-order valence-electron chi connectivity index (χ1n) is 9.14. The van der Waals surface area contributed by atoms with E-state index in [4.69, 9.17) is 4.74 Å². The number of aliphatic hydroxyl groups is 1. The van der Waals surface area contributed by atoms with Crippen molar-refractivity contribution < 1.29 is 19.7 Å². The van der Waals surface area contributed by atoms with Crippen LogP contribution in [0, 0.1) is 17.3 Å². The lowest BCUT2D eigenvalue weighted by Gasteiger charge is -2.62. The van der Waals surface area contributed by atoms with Crippen LogP contribution in [-0.4, -0.2) is 33.0 Å². The van der Waals surface area contributed by atoms with Crippen LogP contribution in [0.15, 0.2) is 12.7 Å². The van der Waals surface area contributed by atoms with E-state index in [9.17, 15) is 15.0 Å². The zero-order chi connectivity index (χ0) is 18.4. The van der Waals surface area contributed by atoms with Crippen molar-refractivity contribution in [1.29, 1.82) is 0 Å². The number of carboxylic acids is 1. The number of aliphatic carboxylic acids is 1. The highest BCUT2D eigenvalue weighted by molar-refractivity contribution is 5.66. The molecule has 1 heterocycles. The molecule has 2 N–H and O–H groups in total. The molecule has 0 aromatic rings. The second-order valence-corrected chi connectivity index (χ2v) is 9.17. The number of fused-ring (bicyclic) bond motifs is 1. The van der Waals surface area contributed by atoms with Gasteiger partial charge in [-0.3, -0.25) is 4.79 Å². The topological polar surface area (TPSA) is 66.8 Å². The van der Waals surface area contributed by atoms with Crippen LogP contribution in [-0.2, 0) is 9.53 Å². The predicted molar refractivity (Wildman–Crippen MR) is 94.8 cm³/mol. The summed E-state index contributed by atoms with van der Waals surface area (Å²) >= 11 is 0. The molecule has 24 heavy (non-hydrogen) atoms. The summed E-state index contributed by atoms with van der Waals surface area (Å²) in [4.78, 5) is 11.2. The Morgan fingerprint density at radius 3 is 2.42 bits per heavy atom. The molecule has 2 fully saturated rings. The number of rotatable bonds is 5. The van der Waals surface area contributed by atoms with E-state index < -0.39 is 11.6 Å².